The first-order chi connectivity index (χ1) is 7.22. The predicted molar refractivity (Wildman–Crippen MR) is 56.1 cm³/mol. The molecule has 1 unspecified atom stereocenters. The summed E-state index contributed by atoms with van der Waals surface area (Å²) in [5, 5.41) is 20.0. The van der Waals surface area contributed by atoms with Crippen molar-refractivity contribution in [3.8, 4) is 6.07 Å². The van der Waals surface area contributed by atoms with E-state index in [9.17, 15) is 10.4 Å². The zero-order chi connectivity index (χ0) is 10.8. The number of hydrogen-bond donors (Lipinski definition) is 1. The molecule has 1 aliphatic carbocycles. The first kappa shape index (κ1) is 10.9. The van der Waals surface area contributed by atoms with Gasteiger partial charge in [-0.05, 0) is 12.8 Å². The average molecular weight is 209 g/mol. The lowest BCUT2D eigenvalue weighted by molar-refractivity contribution is -0.0657. The van der Waals surface area contributed by atoms with E-state index in [2.05, 4.69) is 6.07 Å². The van der Waals surface area contributed by atoms with Gasteiger partial charge in [0.2, 0.25) is 0 Å². The van der Waals surface area contributed by atoms with Crippen LogP contribution in [-0.2, 0) is 4.74 Å². The molecule has 3 heteroatoms. The number of hydrogen-bond acceptors (Lipinski definition) is 3. The lowest BCUT2D eigenvalue weighted by Gasteiger charge is -2.38. The molecule has 1 N–H and O–H groups in total. The molecule has 0 amide bonds. The Morgan fingerprint density at radius 2 is 1.73 bits per heavy atom. The Hall–Kier alpha value is -0.590. The van der Waals surface area contributed by atoms with Crippen molar-refractivity contribution in [2.45, 2.75) is 50.5 Å². The molecule has 1 heterocycles. The highest BCUT2D eigenvalue weighted by molar-refractivity contribution is 5.13. The second-order valence-electron chi connectivity index (χ2n) is 4.94. The van der Waals surface area contributed by atoms with Crippen LogP contribution < -0.4 is 0 Å². The van der Waals surface area contributed by atoms with E-state index >= 15 is 0 Å². The van der Waals surface area contributed by atoms with Crippen molar-refractivity contribution in [1.82, 2.24) is 0 Å². The quantitative estimate of drug-likeness (QED) is 0.672. The van der Waals surface area contributed by atoms with Crippen molar-refractivity contribution in [2.24, 2.45) is 5.41 Å². The standard InChI is InChI=1S/C12H19NO2/c13-9-11(5-3-1-2-4-6-11)12(14)7-8-15-10-12/h14H,1-8,10H2. The number of aliphatic hydroxyl groups is 1. The number of ether oxygens (including phenoxy) is 1. The Balaban J connectivity index is 2.22. The minimum atomic E-state index is -0.883. The first-order valence-corrected chi connectivity index (χ1v) is 5.94. The summed E-state index contributed by atoms with van der Waals surface area (Å²) in [5.74, 6) is 0. The molecule has 0 bridgehead atoms. The second-order valence-corrected chi connectivity index (χ2v) is 4.94. The van der Waals surface area contributed by atoms with Gasteiger partial charge in [-0.2, -0.15) is 5.26 Å². The average Bonchev–Trinajstić information content (AvgIpc) is 2.57. The predicted octanol–water partition coefficient (Wildman–Crippen LogP) is 2.00. The van der Waals surface area contributed by atoms with Gasteiger partial charge in [-0.25, -0.2) is 0 Å². The van der Waals surface area contributed by atoms with E-state index in [0.717, 1.165) is 25.7 Å². The van der Waals surface area contributed by atoms with Gasteiger partial charge in [0.05, 0.1) is 18.1 Å². The molecule has 1 saturated carbocycles. The summed E-state index contributed by atoms with van der Waals surface area (Å²) in [4.78, 5) is 0. The molecule has 1 saturated heterocycles. The largest absolute Gasteiger partial charge is 0.386 e. The van der Waals surface area contributed by atoms with Gasteiger partial charge in [0.25, 0.3) is 0 Å². The fourth-order valence-corrected chi connectivity index (χ4v) is 2.94. The van der Waals surface area contributed by atoms with Crippen LogP contribution in [0.3, 0.4) is 0 Å². The molecule has 2 aliphatic rings. The lowest BCUT2D eigenvalue weighted by Crippen LogP contribution is -2.48. The highest BCUT2D eigenvalue weighted by Gasteiger charge is 2.52. The van der Waals surface area contributed by atoms with Crippen molar-refractivity contribution >= 4 is 0 Å². The molecule has 2 rings (SSSR count). The molecular formula is C12H19NO2. The van der Waals surface area contributed by atoms with Gasteiger partial charge in [-0.15, -0.1) is 0 Å². The third kappa shape index (κ3) is 1.77. The summed E-state index contributed by atoms with van der Waals surface area (Å²) in [7, 11) is 0. The van der Waals surface area contributed by atoms with Crippen LogP contribution in [0.1, 0.15) is 44.9 Å². The van der Waals surface area contributed by atoms with Gasteiger partial charge in [0.1, 0.15) is 5.60 Å². The van der Waals surface area contributed by atoms with E-state index in [-0.39, 0.29) is 0 Å². The van der Waals surface area contributed by atoms with Crippen molar-refractivity contribution in [2.75, 3.05) is 13.2 Å². The maximum absolute atomic E-state index is 10.5. The maximum Gasteiger partial charge on any atom is 0.109 e. The van der Waals surface area contributed by atoms with Crippen molar-refractivity contribution in [1.29, 1.82) is 5.26 Å². The molecule has 0 aromatic rings. The molecule has 0 radical (unpaired) electrons. The maximum atomic E-state index is 10.5. The zero-order valence-electron chi connectivity index (χ0n) is 9.17. The van der Waals surface area contributed by atoms with Gasteiger partial charge >= 0.3 is 0 Å². The fraction of sp³-hybridized carbons (Fsp3) is 0.917. The second kappa shape index (κ2) is 4.11. The van der Waals surface area contributed by atoms with E-state index < -0.39 is 11.0 Å². The molecule has 0 aromatic carbocycles. The summed E-state index contributed by atoms with van der Waals surface area (Å²) >= 11 is 0. The van der Waals surface area contributed by atoms with Gasteiger partial charge < -0.3 is 9.84 Å². The molecule has 1 atom stereocenters. The van der Waals surface area contributed by atoms with E-state index in [1.165, 1.54) is 12.8 Å². The van der Waals surface area contributed by atoms with Crippen molar-refractivity contribution in [3.05, 3.63) is 0 Å². The van der Waals surface area contributed by atoms with Crippen LogP contribution in [0.2, 0.25) is 0 Å². The molecule has 2 fully saturated rings. The van der Waals surface area contributed by atoms with E-state index in [0.29, 0.717) is 19.6 Å². The molecule has 0 spiro atoms. The third-order valence-corrected chi connectivity index (χ3v) is 4.06. The van der Waals surface area contributed by atoms with Gasteiger partial charge in [-0.1, -0.05) is 25.7 Å². The van der Waals surface area contributed by atoms with Crippen LogP contribution in [0.25, 0.3) is 0 Å². The van der Waals surface area contributed by atoms with Crippen LogP contribution in [-0.4, -0.2) is 23.9 Å². The van der Waals surface area contributed by atoms with E-state index in [4.69, 9.17) is 4.74 Å². The number of nitriles is 1. The molecule has 84 valence electrons. The van der Waals surface area contributed by atoms with Gasteiger partial charge in [-0.3, -0.25) is 0 Å². The zero-order valence-corrected chi connectivity index (χ0v) is 9.17. The highest BCUT2D eigenvalue weighted by Crippen LogP contribution is 2.46. The first-order valence-electron chi connectivity index (χ1n) is 5.94. The normalized spacial score (nSPS) is 35.7. The Kier molecular flexibility index (Phi) is 2.99. The van der Waals surface area contributed by atoms with Gasteiger partial charge in [0, 0.05) is 13.0 Å². The Labute approximate surface area is 91.0 Å². The number of nitrogens with zero attached hydrogens (tertiary/aromatic N) is 1. The highest BCUT2D eigenvalue weighted by atomic mass is 16.5. The third-order valence-electron chi connectivity index (χ3n) is 4.06. The fourth-order valence-electron chi connectivity index (χ4n) is 2.94. The molecular weight excluding hydrogens is 190 g/mol. The summed E-state index contributed by atoms with van der Waals surface area (Å²) in [6.45, 7) is 0.945. The molecule has 15 heavy (non-hydrogen) atoms. The molecule has 0 aromatic heterocycles. The molecule has 3 nitrogen and oxygen atoms in total. The van der Waals surface area contributed by atoms with Crippen molar-refractivity contribution < 1.29 is 9.84 Å². The Morgan fingerprint density at radius 3 is 2.20 bits per heavy atom. The Bertz CT molecular complexity index is 255. The SMILES string of the molecule is N#CC1(C2(O)CCOC2)CCCCCC1. The van der Waals surface area contributed by atoms with Crippen molar-refractivity contribution in [3.63, 3.8) is 0 Å². The summed E-state index contributed by atoms with van der Waals surface area (Å²) in [6, 6.07) is 2.41. The lowest BCUT2D eigenvalue weighted by atomic mass is 9.67. The van der Waals surface area contributed by atoms with E-state index in [1.54, 1.807) is 0 Å². The van der Waals surface area contributed by atoms with Crippen LogP contribution in [0.4, 0.5) is 0 Å². The van der Waals surface area contributed by atoms with E-state index in [1.807, 2.05) is 0 Å². The number of rotatable bonds is 1. The minimum Gasteiger partial charge on any atom is -0.386 e. The topological polar surface area (TPSA) is 53.2 Å². The van der Waals surface area contributed by atoms with Crippen LogP contribution in [0.15, 0.2) is 0 Å². The summed E-state index contributed by atoms with van der Waals surface area (Å²) in [5.41, 5.74) is -1.42. The molecule has 1 aliphatic heterocycles. The van der Waals surface area contributed by atoms with Crippen LogP contribution in [0, 0.1) is 16.7 Å². The van der Waals surface area contributed by atoms with Crippen LogP contribution in [0.5, 0.6) is 0 Å². The monoisotopic (exact) mass is 209 g/mol. The van der Waals surface area contributed by atoms with Crippen LogP contribution >= 0.6 is 0 Å². The smallest absolute Gasteiger partial charge is 0.109 e. The summed E-state index contributed by atoms with van der Waals surface area (Å²) in [6.07, 6.45) is 6.82. The minimum absolute atomic E-state index is 0.348. The summed E-state index contributed by atoms with van der Waals surface area (Å²) < 4.78 is 5.28. The van der Waals surface area contributed by atoms with Gasteiger partial charge in [0.15, 0.2) is 0 Å². The Morgan fingerprint density at radius 1 is 1.07 bits per heavy atom.